The largest absolute Gasteiger partial charge is 0.292 e. The fourth-order valence-corrected chi connectivity index (χ4v) is 1.05. The molecule has 0 spiro atoms. The number of nitrogens with zero attached hydrogens (tertiary/aromatic N) is 2. The molecule has 0 radical (unpaired) electrons. The van der Waals surface area contributed by atoms with Crippen LogP contribution in [0.4, 0.5) is 0 Å². The van der Waals surface area contributed by atoms with E-state index in [2.05, 4.69) is 5.10 Å². The first-order chi connectivity index (χ1) is 5.66. The summed E-state index contributed by atoms with van der Waals surface area (Å²) in [5.74, 6) is 0.276. The summed E-state index contributed by atoms with van der Waals surface area (Å²) in [5.41, 5.74) is 0.698. The third-order valence-corrected chi connectivity index (χ3v) is 2.13. The molecular formula is C9H14N2O. The van der Waals surface area contributed by atoms with Crippen molar-refractivity contribution >= 4 is 5.78 Å². The van der Waals surface area contributed by atoms with Crippen LogP contribution in [0.2, 0.25) is 0 Å². The van der Waals surface area contributed by atoms with E-state index in [9.17, 15) is 4.79 Å². The fraction of sp³-hybridized carbons (Fsp3) is 0.556. The molecule has 12 heavy (non-hydrogen) atoms. The van der Waals surface area contributed by atoms with Gasteiger partial charge in [0.15, 0.2) is 5.78 Å². The van der Waals surface area contributed by atoms with E-state index in [1.165, 1.54) is 0 Å². The van der Waals surface area contributed by atoms with Crippen molar-refractivity contribution in [2.75, 3.05) is 0 Å². The molecule has 0 fully saturated rings. The second-order valence-electron chi connectivity index (χ2n) is 3.01. The van der Waals surface area contributed by atoms with Crippen molar-refractivity contribution in [1.29, 1.82) is 0 Å². The number of rotatable bonds is 3. The first-order valence-corrected chi connectivity index (χ1v) is 4.19. The van der Waals surface area contributed by atoms with Crippen LogP contribution in [0, 0.1) is 5.92 Å². The predicted molar refractivity (Wildman–Crippen MR) is 47.0 cm³/mol. The van der Waals surface area contributed by atoms with Crippen LogP contribution in [-0.4, -0.2) is 15.6 Å². The monoisotopic (exact) mass is 166 g/mol. The summed E-state index contributed by atoms with van der Waals surface area (Å²) in [5, 5.41) is 3.95. The van der Waals surface area contributed by atoms with Crippen LogP contribution in [-0.2, 0) is 7.05 Å². The Labute approximate surface area is 72.4 Å². The standard InChI is InChI=1S/C9H14N2O/c1-4-7(2)9(12)8-5-6-10-11(8)3/h5-7H,4H2,1-3H3. The quantitative estimate of drug-likeness (QED) is 0.640. The van der Waals surface area contributed by atoms with Crippen LogP contribution in [0.3, 0.4) is 0 Å². The molecule has 0 aliphatic rings. The van der Waals surface area contributed by atoms with Crippen LogP contribution in [0.1, 0.15) is 30.8 Å². The average molecular weight is 166 g/mol. The molecule has 1 heterocycles. The predicted octanol–water partition coefficient (Wildman–Crippen LogP) is 1.65. The maximum absolute atomic E-state index is 11.6. The highest BCUT2D eigenvalue weighted by Gasteiger charge is 2.15. The average Bonchev–Trinajstić information content (AvgIpc) is 2.48. The topological polar surface area (TPSA) is 34.9 Å². The Bertz CT molecular complexity index is 278. The van der Waals surface area contributed by atoms with E-state index in [1.54, 1.807) is 24.0 Å². The fourth-order valence-electron chi connectivity index (χ4n) is 1.05. The summed E-state index contributed by atoms with van der Waals surface area (Å²) in [6.07, 6.45) is 2.53. The van der Waals surface area contributed by atoms with E-state index >= 15 is 0 Å². The van der Waals surface area contributed by atoms with Gasteiger partial charge >= 0.3 is 0 Å². The summed E-state index contributed by atoms with van der Waals surface area (Å²) in [7, 11) is 1.79. The van der Waals surface area contributed by atoms with Gasteiger partial charge in [-0.3, -0.25) is 9.48 Å². The maximum Gasteiger partial charge on any atom is 0.183 e. The number of Topliss-reactive ketones (excluding diaryl/α,β-unsaturated/α-hetero) is 1. The van der Waals surface area contributed by atoms with Crippen molar-refractivity contribution in [3.05, 3.63) is 18.0 Å². The Kier molecular flexibility index (Phi) is 2.63. The highest BCUT2D eigenvalue weighted by Crippen LogP contribution is 2.09. The van der Waals surface area contributed by atoms with Gasteiger partial charge in [-0.1, -0.05) is 13.8 Å². The lowest BCUT2D eigenvalue weighted by Gasteiger charge is -2.06. The Hall–Kier alpha value is -1.12. The van der Waals surface area contributed by atoms with Crippen LogP contribution < -0.4 is 0 Å². The molecule has 1 aromatic rings. The minimum absolute atomic E-state index is 0.0976. The minimum atomic E-state index is 0.0976. The molecule has 1 unspecified atom stereocenters. The van der Waals surface area contributed by atoms with Crippen molar-refractivity contribution in [3.63, 3.8) is 0 Å². The summed E-state index contributed by atoms with van der Waals surface area (Å²) in [4.78, 5) is 11.6. The first-order valence-electron chi connectivity index (χ1n) is 4.19. The van der Waals surface area contributed by atoms with Gasteiger partial charge in [0.05, 0.1) is 0 Å². The number of carbonyl (C=O) groups is 1. The lowest BCUT2D eigenvalue weighted by molar-refractivity contribution is 0.0917. The molecule has 3 heteroatoms. The van der Waals surface area contributed by atoms with Gasteiger partial charge in [-0.25, -0.2) is 0 Å². The number of hydrogen-bond donors (Lipinski definition) is 0. The molecular weight excluding hydrogens is 152 g/mol. The van der Waals surface area contributed by atoms with Crippen molar-refractivity contribution in [1.82, 2.24) is 9.78 Å². The van der Waals surface area contributed by atoms with Gasteiger partial charge in [-0.15, -0.1) is 0 Å². The van der Waals surface area contributed by atoms with Crippen LogP contribution in [0.5, 0.6) is 0 Å². The summed E-state index contributed by atoms with van der Waals surface area (Å²) < 4.78 is 1.62. The zero-order valence-corrected chi connectivity index (χ0v) is 7.74. The van der Waals surface area contributed by atoms with E-state index < -0.39 is 0 Å². The number of aryl methyl sites for hydroxylation is 1. The zero-order chi connectivity index (χ0) is 9.14. The summed E-state index contributed by atoms with van der Waals surface area (Å²) in [6, 6.07) is 1.76. The SMILES string of the molecule is CCC(C)C(=O)c1ccnn1C. The van der Waals surface area contributed by atoms with Gasteiger partial charge in [0.25, 0.3) is 0 Å². The molecule has 0 bridgehead atoms. The highest BCUT2D eigenvalue weighted by atomic mass is 16.1. The smallest absolute Gasteiger partial charge is 0.183 e. The molecule has 1 aromatic heterocycles. The van der Waals surface area contributed by atoms with Crippen molar-refractivity contribution in [3.8, 4) is 0 Å². The number of hydrogen-bond acceptors (Lipinski definition) is 2. The number of aromatic nitrogens is 2. The van der Waals surface area contributed by atoms with E-state index in [0.717, 1.165) is 6.42 Å². The molecule has 1 rings (SSSR count). The maximum atomic E-state index is 11.6. The van der Waals surface area contributed by atoms with Crippen LogP contribution >= 0.6 is 0 Å². The molecule has 0 amide bonds. The normalized spacial score (nSPS) is 12.9. The Morgan fingerprint density at radius 3 is 2.83 bits per heavy atom. The highest BCUT2D eigenvalue weighted by molar-refractivity contribution is 5.95. The third kappa shape index (κ3) is 1.55. The van der Waals surface area contributed by atoms with Gasteiger partial charge in [0, 0.05) is 19.2 Å². The van der Waals surface area contributed by atoms with Crippen LogP contribution in [0.25, 0.3) is 0 Å². The molecule has 66 valence electrons. The minimum Gasteiger partial charge on any atom is -0.292 e. The van der Waals surface area contributed by atoms with Crippen LogP contribution in [0.15, 0.2) is 12.3 Å². The zero-order valence-electron chi connectivity index (χ0n) is 7.74. The van der Waals surface area contributed by atoms with Gasteiger partial charge < -0.3 is 0 Å². The third-order valence-electron chi connectivity index (χ3n) is 2.13. The Morgan fingerprint density at radius 2 is 2.42 bits per heavy atom. The molecule has 0 aliphatic heterocycles. The molecule has 0 saturated carbocycles. The number of carbonyl (C=O) groups excluding carboxylic acids is 1. The second-order valence-corrected chi connectivity index (χ2v) is 3.01. The van der Waals surface area contributed by atoms with E-state index in [-0.39, 0.29) is 11.7 Å². The molecule has 3 nitrogen and oxygen atoms in total. The Balaban J connectivity index is 2.85. The van der Waals surface area contributed by atoms with Crippen molar-refractivity contribution in [2.45, 2.75) is 20.3 Å². The molecule has 0 aliphatic carbocycles. The van der Waals surface area contributed by atoms with Gasteiger partial charge in [0.2, 0.25) is 0 Å². The molecule has 0 N–H and O–H groups in total. The summed E-state index contributed by atoms with van der Waals surface area (Å²) in [6.45, 7) is 3.95. The lowest BCUT2D eigenvalue weighted by atomic mass is 10.0. The lowest BCUT2D eigenvalue weighted by Crippen LogP contribution is -2.14. The van der Waals surface area contributed by atoms with Crippen molar-refractivity contribution in [2.24, 2.45) is 13.0 Å². The Morgan fingerprint density at radius 1 is 1.75 bits per heavy atom. The molecule has 0 saturated heterocycles. The van der Waals surface area contributed by atoms with E-state index in [1.807, 2.05) is 13.8 Å². The molecule has 0 aromatic carbocycles. The van der Waals surface area contributed by atoms with E-state index in [4.69, 9.17) is 0 Å². The number of ketones is 1. The van der Waals surface area contributed by atoms with Gasteiger partial charge in [0.1, 0.15) is 5.69 Å². The molecule has 1 atom stereocenters. The van der Waals surface area contributed by atoms with E-state index in [0.29, 0.717) is 5.69 Å². The first kappa shape index (κ1) is 8.97. The second kappa shape index (κ2) is 3.52. The van der Waals surface area contributed by atoms with Crippen molar-refractivity contribution < 1.29 is 4.79 Å². The van der Waals surface area contributed by atoms with Gasteiger partial charge in [-0.05, 0) is 12.5 Å². The summed E-state index contributed by atoms with van der Waals surface area (Å²) >= 11 is 0. The van der Waals surface area contributed by atoms with Gasteiger partial charge in [-0.2, -0.15) is 5.10 Å².